The lowest BCUT2D eigenvalue weighted by Gasteiger charge is -2.11. The highest BCUT2D eigenvalue weighted by Crippen LogP contribution is 2.29. The van der Waals surface area contributed by atoms with Gasteiger partial charge in [-0.1, -0.05) is 23.9 Å². The molecule has 3 aromatic rings. The van der Waals surface area contributed by atoms with Crippen molar-refractivity contribution in [2.24, 2.45) is 7.05 Å². The molecule has 1 aliphatic rings. The minimum absolute atomic E-state index is 0.157. The van der Waals surface area contributed by atoms with Crippen LogP contribution in [0.4, 0.5) is 14.9 Å². The van der Waals surface area contributed by atoms with Crippen LogP contribution in [0.1, 0.15) is 18.1 Å². The number of imide groups is 1. The molecule has 1 unspecified atom stereocenters. The number of benzene rings is 2. The van der Waals surface area contributed by atoms with E-state index in [4.69, 9.17) is 0 Å². The molecular formula is C25H23FN4O3S. The van der Waals surface area contributed by atoms with Gasteiger partial charge in [-0.15, -0.1) is 0 Å². The molecule has 1 N–H and O–H groups in total. The molecule has 0 saturated carbocycles. The Bertz CT molecular complexity index is 1250. The molecule has 0 aliphatic carbocycles. The first-order valence-corrected chi connectivity index (χ1v) is 11.6. The number of nitrogens with zero attached hydrogens (tertiary/aromatic N) is 3. The number of thioether (sulfide) groups is 1. The summed E-state index contributed by atoms with van der Waals surface area (Å²) in [6.07, 6.45) is 5.17. The molecule has 1 fully saturated rings. The summed E-state index contributed by atoms with van der Waals surface area (Å²) >= 11 is 1.06. The zero-order valence-electron chi connectivity index (χ0n) is 18.7. The van der Waals surface area contributed by atoms with E-state index in [2.05, 4.69) is 10.4 Å². The van der Waals surface area contributed by atoms with Gasteiger partial charge in [-0.3, -0.25) is 24.0 Å². The molecule has 0 bridgehead atoms. The van der Waals surface area contributed by atoms with Gasteiger partial charge in [0.05, 0.1) is 17.1 Å². The van der Waals surface area contributed by atoms with E-state index in [0.717, 1.165) is 34.1 Å². The fourth-order valence-electron chi connectivity index (χ4n) is 3.74. The number of carbonyl (C=O) groups is 3. The van der Waals surface area contributed by atoms with Crippen LogP contribution in [0.25, 0.3) is 17.3 Å². The van der Waals surface area contributed by atoms with Crippen molar-refractivity contribution >= 4 is 40.6 Å². The SMILES string of the molecule is CCN1C(=O)SC(Cc2ccc(NC(=O)/C=C/c3cnn(C)c3-c3ccc(F)cc3)cc2)C1=O. The van der Waals surface area contributed by atoms with Crippen molar-refractivity contribution in [3.8, 4) is 11.3 Å². The van der Waals surface area contributed by atoms with E-state index in [0.29, 0.717) is 18.7 Å². The van der Waals surface area contributed by atoms with Gasteiger partial charge in [0.1, 0.15) is 5.82 Å². The fourth-order valence-corrected chi connectivity index (χ4v) is 4.83. The third kappa shape index (κ3) is 5.09. The number of amides is 3. The Morgan fingerprint density at radius 2 is 1.85 bits per heavy atom. The van der Waals surface area contributed by atoms with Crippen molar-refractivity contribution in [1.29, 1.82) is 0 Å². The number of carbonyl (C=O) groups excluding carboxylic acids is 3. The molecule has 7 nitrogen and oxygen atoms in total. The maximum atomic E-state index is 13.3. The first kappa shape index (κ1) is 23.4. The molecule has 4 rings (SSSR count). The second-order valence-corrected chi connectivity index (χ2v) is 8.91. The van der Waals surface area contributed by atoms with Gasteiger partial charge in [-0.25, -0.2) is 4.39 Å². The van der Waals surface area contributed by atoms with Crippen LogP contribution in [0.2, 0.25) is 0 Å². The molecule has 34 heavy (non-hydrogen) atoms. The number of halogens is 1. The molecule has 2 heterocycles. The molecule has 174 valence electrons. The summed E-state index contributed by atoms with van der Waals surface area (Å²) in [4.78, 5) is 37.8. The summed E-state index contributed by atoms with van der Waals surface area (Å²) in [6, 6.07) is 13.3. The highest BCUT2D eigenvalue weighted by atomic mass is 32.2. The van der Waals surface area contributed by atoms with Crippen LogP contribution < -0.4 is 5.32 Å². The summed E-state index contributed by atoms with van der Waals surface area (Å²) in [5.74, 6) is -0.791. The zero-order valence-corrected chi connectivity index (χ0v) is 19.5. The van der Waals surface area contributed by atoms with Gasteiger partial charge < -0.3 is 5.32 Å². The van der Waals surface area contributed by atoms with E-state index < -0.39 is 5.25 Å². The molecule has 1 aromatic heterocycles. The van der Waals surface area contributed by atoms with Gasteiger partial charge in [-0.2, -0.15) is 5.10 Å². The van der Waals surface area contributed by atoms with Crippen LogP contribution in [-0.4, -0.2) is 43.5 Å². The Balaban J connectivity index is 1.38. The summed E-state index contributed by atoms with van der Waals surface area (Å²) in [6.45, 7) is 2.16. The first-order chi connectivity index (χ1) is 16.4. The number of anilines is 1. The molecule has 1 atom stereocenters. The van der Waals surface area contributed by atoms with E-state index in [1.54, 1.807) is 55.2 Å². The van der Waals surface area contributed by atoms with Crippen molar-refractivity contribution < 1.29 is 18.8 Å². The minimum atomic E-state index is -0.411. The summed E-state index contributed by atoms with van der Waals surface area (Å²) < 4.78 is 14.9. The maximum Gasteiger partial charge on any atom is 0.289 e. The third-order valence-electron chi connectivity index (χ3n) is 5.46. The van der Waals surface area contributed by atoms with Crippen LogP contribution in [0.5, 0.6) is 0 Å². The molecule has 1 saturated heterocycles. The van der Waals surface area contributed by atoms with Crippen molar-refractivity contribution in [1.82, 2.24) is 14.7 Å². The van der Waals surface area contributed by atoms with Crippen LogP contribution >= 0.6 is 11.8 Å². The highest BCUT2D eigenvalue weighted by Gasteiger charge is 2.38. The summed E-state index contributed by atoms with van der Waals surface area (Å²) in [5.41, 5.74) is 3.81. The fraction of sp³-hybridized carbons (Fsp3) is 0.200. The van der Waals surface area contributed by atoms with Crippen LogP contribution in [0.3, 0.4) is 0 Å². The predicted molar refractivity (Wildman–Crippen MR) is 131 cm³/mol. The number of aryl methyl sites for hydroxylation is 1. The van der Waals surface area contributed by atoms with Crippen molar-refractivity contribution in [2.75, 3.05) is 11.9 Å². The molecule has 0 spiro atoms. The van der Waals surface area contributed by atoms with E-state index in [1.807, 2.05) is 12.1 Å². The van der Waals surface area contributed by atoms with Crippen molar-refractivity contribution in [3.05, 3.63) is 77.7 Å². The van der Waals surface area contributed by atoms with Crippen LogP contribution in [0.15, 0.2) is 60.8 Å². The highest BCUT2D eigenvalue weighted by molar-refractivity contribution is 8.15. The minimum Gasteiger partial charge on any atom is -0.323 e. The average molecular weight is 479 g/mol. The summed E-state index contributed by atoms with van der Waals surface area (Å²) in [5, 5.41) is 6.43. The molecule has 1 aliphatic heterocycles. The largest absolute Gasteiger partial charge is 0.323 e. The Hall–Kier alpha value is -3.72. The maximum absolute atomic E-state index is 13.3. The molecule has 9 heteroatoms. The predicted octanol–water partition coefficient (Wildman–Crippen LogP) is 4.50. The first-order valence-electron chi connectivity index (χ1n) is 10.7. The van der Waals surface area contributed by atoms with Gasteiger partial charge in [0.25, 0.3) is 5.24 Å². The number of aromatic nitrogens is 2. The van der Waals surface area contributed by atoms with E-state index in [9.17, 15) is 18.8 Å². The topological polar surface area (TPSA) is 84.3 Å². The quantitative estimate of drug-likeness (QED) is 0.506. The lowest BCUT2D eigenvalue weighted by Crippen LogP contribution is -2.31. The normalized spacial score (nSPS) is 16.0. The number of hydrogen-bond donors (Lipinski definition) is 1. The average Bonchev–Trinajstić information content (AvgIpc) is 3.32. The van der Waals surface area contributed by atoms with Gasteiger partial charge >= 0.3 is 0 Å². The molecule has 0 radical (unpaired) electrons. The Labute approximate surface area is 200 Å². The lowest BCUT2D eigenvalue weighted by atomic mass is 10.1. The number of nitrogens with one attached hydrogen (secondary N) is 1. The smallest absolute Gasteiger partial charge is 0.289 e. The van der Waals surface area contributed by atoms with Crippen molar-refractivity contribution in [3.63, 3.8) is 0 Å². The second-order valence-electron chi connectivity index (χ2n) is 7.76. The van der Waals surface area contributed by atoms with Gasteiger partial charge in [-0.05, 0) is 61.4 Å². The lowest BCUT2D eigenvalue weighted by molar-refractivity contribution is -0.126. The van der Waals surface area contributed by atoms with Gasteiger partial charge in [0.15, 0.2) is 0 Å². The standard InChI is InChI=1S/C25H23FN4O3S/c1-3-30-24(32)21(34-25(30)33)14-16-4-11-20(12-5-16)28-22(31)13-8-18-15-27-29(2)23(18)17-6-9-19(26)10-7-17/h4-13,15,21H,3,14H2,1-2H3,(H,28,31)/b13-8+. The Kier molecular flexibility index (Phi) is 6.93. The second kappa shape index (κ2) is 10.0. The van der Waals surface area contributed by atoms with E-state index >= 15 is 0 Å². The Morgan fingerprint density at radius 1 is 1.15 bits per heavy atom. The number of rotatable bonds is 7. The van der Waals surface area contributed by atoms with Gasteiger partial charge in [0, 0.05) is 36.5 Å². The molecule has 3 amide bonds. The van der Waals surface area contributed by atoms with Crippen LogP contribution in [-0.2, 0) is 23.1 Å². The zero-order chi connectivity index (χ0) is 24.2. The van der Waals surface area contributed by atoms with E-state index in [-0.39, 0.29) is 22.9 Å². The third-order valence-corrected chi connectivity index (χ3v) is 6.54. The van der Waals surface area contributed by atoms with Crippen molar-refractivity contribution in [2.45, 2.75) is 18.6 Å². The van der Waals surface area contributed by atoms with E-state index in [1.165, 1.54) is 23.1 Å². The Morgan fingerprint density at radius 3 is 2.50 bits per heavy atom. The van der Waals surface area contributed by atoms with Crippen LogP contribution in [0, 0.1) is 5.82 Å². The molecular weight excluding hydrogens is 455 g/mol. The van der Waals surface area contributed by atoms with Gasteiger partial charge in [0.2, 0.25) is 11.8 Å². The summed E-state index contributed by atoms with van der Waals surface area (Å²) in [7, 11) is 1.78. The number of hydrogen-bond acceptors (Lipinski definition) is 5. The monoisotopic (exact) mass is 478 g/mol. The molecule has 2 aromatic carbocycles.